The molecule has 0 fully saturated rings. The molecule has 2 amide bonds. The zero-order valence-corrected chi connectivity index (χ0v) is 17.8. The van der Waals surface area contributed by atoms with Gasteiger partial charge in [-0.2, -0.15) is 5.10 Å². The van der Waals surface area contributed by atoms with E-state index in [1.807, 2.05) is 36.4 Å². The third kappa shape index (κ3) is 4.84. The van der Waals surface area contributed by atoms with E-state index in [4.69, 9.17) is 5.11 Å². The summed E-state index contributed by atoms with van der Waals surface area (Å²) < 4.78 is 3.35. The minimum Gasteiger partial charge on any atom is -0.395 e. The second-order valence-electron chi connectivity index (χ2n) is 7.58. The summed E-state index contributed by atoms with van der Waals surface area (Å²) in [6.45, 7) is 2.00. The monoisotopic (exact) mass is 438 g/mol. The summed E-state index contributed by atoms with van der Waals surface area (Å²) in [7, 11) is 1.66. The molecule has 1 aliphatic rings. The topological polar surface area (TPSA) is 130 Å². The molecule has 3 N–H and O–H groups in total. The number of fused-ring (bicyclic) bond motifs is 1. The first-order chi connectivity index (χ1) is 15.5. The van der Waals surface area contributed by atoms with Gasteiger partial charge in [0.25, 0.3) is 11.8 Å². The third-order valence-corrected chi connectivity index (χ3v) is 5.24. The first kappa shape index (κ1) is 21.7. The smallest absolute Gasteiger partial charge is 0.291 e. The number of hydrogen-bond donors (Lipinski definition) is 3. The lowest BCUT2D eigenvalue weighted by atomic mass is 10.2. The number of benzene rings is 1. The lowest BCUT2D eigenvalue weighted by Gasteiger charge is -2.19. The number of aliphatic hydroxyl groups excluding tert-OH is 1. The zero-order chi connectivity index (χ0) is 22.5. The van der Waals surface area contributed by atoms with Gasteiger partial charge in [-0.1, -0.05) is 30.3 Å². The molecule has 11 heteroatoms. The second-order valence-corrected chi connectivity index (χ2v) is 7.58. The molecule has 32 heavy (non-hydrogen) atoms. The maximum atomic E-state index is 13.0. The molecule has 0 saturated carbocycles. The summed E-state index contributed by atoms with van der Waals surface area (Å²) in [6.07, 6.45) is 1.91. The summed E-state index contributed by atoms with van der Waals surface area (Å²) in [5.41, 5.74) is 1.83. The van der Waals surface area contributed by atoms with Crippen molar-refractivity contribution < 1.29 is 14.7 Å². The van der Waals surface area contributed by atoms with Crippen molar-refractivity contribution in [1.29, 1.82) is 0 Å². The van der Waals surface area contributed by atoms with Gasteiger partial charge in [0.15, 0.2) is 0 Å². The second kappa shape index (κ2) is 9.71. The molecule has 0 radical (unpaired) electrons. The van der Waals surface area contributed by atoms with Crippen molar-refractivity contribution in [2.45, 2.75) is 32.1 Å². The predicted molar refractivity (Wildman–Crippen MR) is 116 cm³/mol. The molecule has 0 saturated heterocycles. The van der Waals surface area contributed by atoms with Crippen LogP contribution in [0.2, 0.25) is 0 Å². The van der Waals surface area contributed by atoms with Gasteiger partial charge >= 0.3 is 0 Å². The number of amides is 2. The Hall–Kier alpha value is -3.57. The number of carbonyl (C=O) groups excluding carboxylic acids is 2. The van der Waals surface area contributed by atoms with Crippen molar-refractivity contribution in [2.24, 2.45) is 0 Å². The highest BCUT2D eigenvalue weighted by Gasteiger charge is 2.31. The van der Waals surface area contributed by atoms with Crippen molar-refractivity contribution >= 4 is 17.6 Å². The molecule has 3 heterocycles. The standard InChI is InChI=1S/C21H26N8O3/c1-27-18-11-16(12-22-8-10-30)25-29(18)9-7-17(21(27)32)24-20(31)19-23-14-28(26-19)13-15-5-3-2-4-6-15/h2-6,11,14,17,22,30H,7-10,12-13H2,1H3,(H,24,31). The Morgan fingerprint density at radius 2 is 2.06 bits per heavy atom. The number of nitrogens with one attached hydrogen (secondary N) is 2. The highest BCUT2D eigenvalue weighted by molar-refractivity contribution is 6.00. The Labute approximate surface area is 185 Å². The van der Waals surface area contributed by atoms with Crippen LogP contribution in [0.5, 0.6) is 0 Å². The molecule has 1 aromatic carbocycles. The van der Waals surface area contributed by atoms with Crippen LogP contribution in [0.1, 0.15) is 28.3 Å². The number of aryl methyl sites for hydroxylation is 1. The Morgan fingerprint density at radius 3 is 2.84 bits per heavy atom. The van der Waals surface area contributed by atoms with Gasteiger partial charge in [0.05, 0.1) is 18.8 Å². The molecule has 0 spiro atoms. The molecule has 11 nitrogen and oxygen atoms in total. The van der Waals surface area contributed by atoms with Gasteiger partial charge in [-0.25, -0.2) is 14.3 Å². The zero-order valence-electron chi connectivity index (χ0n) is 17.8. The molecular formula is C21H26N8O3. The fraction of sp³-hybridized carbons (Fsp3) is 0.381. The first-order valence-electron chi connectivity index (χ1n) is 10.5. The Kier molecular flexibility index (Phi) is 6.57. The normalized spacial score (nSPS) is 16.0. The van der Waals surface area contributed by atoms with E-state index in [-0.39, 0.29) is 18.3 Å². The maximum absolute atomic E-state index is 13.0. The minimum absolute atomic E-state index is 0.0237. The quantitative estimate of drug-likeness (QED) is 0.414. The van der Waals surface area contributed by atoms with E-state index in [9.17, 15) is 9.59 Å². The molecule has 0 aliphatic carbocycles. The van der Waals surface area contributed by atoms with Gasteiger partial charge in [-0.05, 0) is 12.0 Å². The molecular weight excluding hydrogens is 412 g/mol. The van der Waals surface area contributed by atoms with Gasteiger partial charge in [0.2, 0.25) is 5.82 Å². The van der Waals surface area contributed by atoms with E-state index < -0.39 is 11.9 Å². The largest absolute Gasteiger partial charge is 0.395 e. The molecule has 1 aliphatic heterocycles. The molecule has 1 atom stereocenters. The van der Waals surface area contributed by atoms with Crippen molar-refractivity contribution in [3.05, 3.63) is 59.8 Å². The number of aromatic nitrogens is 5. The third-order valence-electron chi connectivity index (χ3n) is 5.24. The van der Waals surface area contributed by atoms with Crippen LogP contribution in [-0.4, -0.2) is 67.7 Å². The first-order valence-corrected chi connectivity index (χ1v) is 10.5. The summed E-state index contributed by atoms with van der Waals surface area (Å²) in [6, 6.07) is 10.9. The lowest BCUT2D eigenvalue weighted by Crippen LogP contribution is -2.47. The molecule has 168 valence electrons. The average molecular weight is 438 g/mol. The Balaban J connectivity index is 1.39. The van der Waals surface area contributed by atoms with Crippen molar-refractivity contribution in [1.82, 2.24) is 35.2 Å². The number of rotatable bonds is 8. The SMILES string of the molecule is CN1C(=O)C(NC(=O)c2ncn(Cc3ccccc3)n2)CCn2nc(CNCCO)cc21. The van der Waals surface area contributed by atoms with E-state index in [0.717, 1.165) is 11.3 Å². The van der Waals surface area contributed by atoms with E-state index in [0.29, 0.717) is 38.4 Å². The summed E-state index contributed by atoms with van der Waals surface area (Å²) in [5, 5.41) is 23.5. The van der Waals surface area contributed by atoms with E-state index >= 15 is 0 Å². The highest BCUT2D eigenvalue weighted by atomic mass is 16.3. The summed E-state index contributed by atoms with van der Waals surface area (Å²) >= 11 is 0. The Bertz CT molecular complexity index is 1080. The average Bonchev–Trinajstić information content (AvgIpc) is 3.41. The molecule has 4 rings (SSSR count). The lowest BCUT2D eigenvalue weighted by molar-refractivity contribution is -0.120. The summed E-state index contributed by atoms with van der Waals surface area (Å²) in [4.78, 5) is 31.2. The van der Waals surface area contributed by atoms with E-state index in [1.165, 1.54) is 11.2 Å². The minimum atomic E-state index is -0.703. The van der Waals surface area contributed by atoms with Crippen LogP contribution in [0.25, 0.3) is 0 Å². The number of anilines is 1. The van der Waals surface area contributed by atoms with Gasteiger partial charge < -0.3 is 15.7 Å². The van der Waals surface area contributed by atoms with Crippen molar-refractivity contribution in [3.63, 3.8) is 0 Å². The predicted octanol–water partition coefficient (Wildman–Crippen LogP) is -0.230. The van der Waals surface area contributed by atoms with Crippen molar-refractivity contribution in [2.75, 3.05) is 25.1 Å². The van der Waals surface area contributed by atoms with Crippen LogP contribution in [0, 0.1) is 0 Å². The molecule has 0 bridgehead atoms. The number of carbonyl (C=O) groups is 2. The van der Waals surface area contributed by atoms with Gasteiger partial charge in [-0.15, -0.1) is 5.10 Å². The number of aliphatic hydroxyl groups is 1. The van der Waals surface area contributed by atoms with Crippen LogP contribution in [0.3, 0.4) is 0 Å². The number of likely N-dealkylation sites (N-methyl/N-ethyl adjacent to an activating group) is 1. The van der Waals surface area contributed by atoms with Gasteiger partial charge in [-0.3, -0.25) is 14.5 Å². The number of hydrogen-bond acceptors (Lipinski definition) is 7. The van der Waals surface area contributed by atoms with Crippen molar-refractivity contribution in [3.8, 4) is 0 Å². The van der Waals surface area contributed by atoms with E-state index in [1.54, 1.807) is 16.4 Å². The fourth-order valence-electron chi connectivity index (χ4n) is 3.60. The van der Waals surface area contributed by atoms with Crippen LogP contribution in [0.15, 0.2) is 42.7 Å². The molecule has 2 aromatic heterocycles. The maximum Gasteiger partial charge on any atom is 0.291 e. The highest BCUT2D eigenvalue weighted by Crippen LogP contribution is 2.21. The van der Waals surface area contributed by atoms with Crippen LogP contribution < -0.4 is 15.5 Å². The fourth-order valence-corrected chi connectivity index (χ4v) is 3.60. The van der Waals surface area contributed by atoms with Gasteiger partial charge in [0, 0.05) is 32.7 Å². The number of nitrogens with zero attached hydrogens (tertiary/aromatic N) is 6. The van der Waals surface area contributed by atoms with Gasteiger partial charge in [0.1, 0.15) is 18.2 Å². The Morgan fingerprint density at radius 1 is 1.25 bits per heavy atom. The van der Waals surface area contributed by atoms with Crippen LogP contribution in [-0.2, 0) is 24.4 Å². The molecule has 3 aromatic rings. The van der Waals surface area contributed by atoms with Crippen LogP contribution in [0.4, 0.5) is 5.82 Å². The summed E-state index contributed by atoms with van der Waals surface area (Å²) in [5.74, 6) is -0.0268. The van der Waals surface area contributed by atoms with Crippen LogP contribution >= 0.6 is 0 Å². The van der Waals surface area contributed by atoms with E-state index in [2.05, 4.69) is 25.8 Å². The molecule has 1 unspecified atom stereocenters.